The molecule has 2 rings (SSSR count). The largest absolute Gasteiger partial charge is 0.287 e. The summed E-state index contributed by atoms with van der Waals surface area (Å²) in [4.78, 5) is 12.4. The summed E-state index contributed by atoms with van der Waals surface area (Å²) >= 11 is 6.01. The van der Waals surface area contributed by atoms with Gasteiger partial charge < -0.3 is 0 Å². The number of halogens is 2. The first-order valence-electron chi connectivity index (χ1n) is 5.95. The van der Waals surface area contributed by atoms with E-state index in [0.717, 1.165) is 0 Å². The van der Waals surface area contributed by atoms with E-state index in [1.165, 1.54) is 12.3 Å². The van der Waals surface area contributed by atoms with Crippen LogP contribution in [0.2, 0.25) is 5.02 Å². The minimum Gasteiger partial charge on any atom is -0.287 e. The fourth-order valence-electron chi connectivity index (χ4n) is 1.82. The van der Waals surface area contributed by atoms with E-state index in [1.807, 2.05) is 13.8 Å². The molecule has 0 radical (unpaired) electrons. The number of hydrogen-bond donors (Lipinski definition) is 0. The predicted molar refractivity (Wildman–Crippen MR) is 72.2 cm³/mol. The molecule has 1 aromatic carbocycles. The van der Waals surface area contributed by atoms with Gasteiger partial charge in [0.1, 0.15) is 11.5 Å². The van der Waals surface area contributed by atoms with Gasteiger partial charge in [0.25, 0.3) is 0 Å². The summed E-state index contributed by atoms with van der Waals surface area (Å²) in [5, 5.41) is 4.35. The molecule has 0 saturated heterocycles. The number of carbonyl (C=O) groups excluding carboxylic acids is 1. The van der Waals surface area contributed by atoms with Gasteiger partial charge in [0, 0.05) is 11.6 Å². The van der Waals surface area contributed by atoms with Gasteiger partial charge in [0.15, 0.2) is 0 Å². The first kappa shape index (κ1) is 13.7. The van der Waals surface area contributed by atoms with Crippen LogP contribution in [0.4, 0.5) is 4.39 Å². The summed E-state index contributed by atoms with van der Waals surface area (Å²) < 4.78 is 15.1. The van der Waals surface area contributed by atoms with Crippen molar-refractivity contribution >= 4 is 17.4 Å². The molecule has 0 fully saturated rings. The molecule has 0 aliphatic heterocycles. The van der Waals surface area contributed by atoms with E-state index < -0.39 is 5.82 Å². The molecule has 0 aliphatic carbocycles. The fraction of sp³-hybridized carbons (Fsp3) is 0.286. The number of aromatic nitrogens is 2. The lowest BCUT2D eigenvalue weighted by atomic mass is 10.1. The van der Waals surface area contributed by atoms with Crippen LogP contribution >= 0.6 is 11.6 Å². The van der Waals surface area contributed by atoms with E-state index in [0.29, 0.717) is 11.3 Å². The van der Waals surface area contributed by atoms with Gasteiger partial charge in [-0.05, 0) is 32.4 Å². The third kappa shape index (κ3) is 2.54. The molecule has 0 amide bonds. The average molecular weight is 281 g/mol. The van der Waals surface area contributed by atoms with Crippen molar-refractivity contribution in [2.24, 2.45) is 0 Å². The van der Waals surface area contributed by atoms with Crippen LogP contribution < -0.4 is 0 Å². The Kier molecular flexibility index (Phi) is 3.71. The molecule has 2 aromatic rings. The molecule has 0 bridgehead atoms. The van der Waals surface area contributed by atoms with Crippen molar-refractivity contribution in [3.8, 4) is 0 Å². The molecule has 0 N–H and O–H groups in total. The Morgan fingerprint density at radius 2 is 2.11 bits per heavy atom. The molecular formula is C14H14ClFN2O. The van der Waals surface area contributed by atoms with Gasteiger partial charge in [-0.2, -0.15) is 5.10 Å². The second kappa shape index (κ2) is 5.13. The Bertz CT molecular complexity index is 634. The topological polar surface area (TPSA) is 34.9 Å². The molecule has 0 aliphatic rings. The summed E-state index contributed by atoms with van der Waals surface area (Å²) in [7, 11) is 0. The van der Waals surface area contributed by atoms with Crippen molar-refractivity contribution in [2.75, 3.05) is 0 Å². The summed E-state index contributed by atoms with van der Waals surface area (Å²) in [6, 6.07) is 4.40. The van der Waals surface area contributed by atoms with Gasteiger partial charge in [-0.1, -0.05) is 23.7 Å². The number of benzene rings is 1. The third-order valence-electron chi connectivity index (χ3n) is 2.89. The fourth-order valence-corrected chi connectivity index (χ4v) is 2.03. The highest BCUT2D eigenvalue weighted by atomic mass is 35.5. The highest BCUT2D eigenvalue weighted by Crippen LogP contribution is 2.23. The Morgan fingerprint density at radius 1 is 1.42 bits per heavy atom. The quantitative estimate of drug-likeness (QED) is 0.802. The number of aryl methyl sites for hydroxylation is 1. The highest BCUT2D eigenvalue weighted by Gasteiger charge is 2.21. The molecule has 1 heterocycles. The first-order chi connectivity index (χ1) is 8.91. The summed E-state index contributed by atoms with van der Waals surface area (Å²) in [6.45, 7) is 5.45. The molecule has 19 heavy (non-hydrogen) atoms. The molecule has 0 saturated carbocycles. The van der Waals surface area contributed by atoms with Crippen molar-refractivity contribution in [1.82, 2.24) is 9.78 Å². The van der Waals surface area contributed by atoms with E-state index in [4.69, 9.17) is 11.6 Å². The van der Waals surface area contributed by atoms with Crippen LogP contribution in [0.25, 0.3) is 0 Å². The molecule has 3 nitrogen and oxygen atoms in total. The van der Waals surface area contributed by atoms with Gasteiger partial charge in [-0.3, -0.25) is 9.48 Å². The summed E-state index contributed by atoms with van der Waals surface area (Å²) in [5.74, 6) is -0.729. The average Bonchev–Trinajstić information content (AvgIpc) is 2.74. The zero-order valence-electron chi connectivity index (χ0n) is 10.9. The summed E-state index contributed by atoms with van der Waals surface area (Å²) in [5.41, 5.74) is 1.06. The second-order valence-electron chi connectivity index (χ2n) is 4.67. The number of carbonyl (C=O) groups is 1. The highest BCUT2D eigenvalue weighted by molar-refractivity contribution is 6.34. The van der Waals surface area contributed by atoms with Crippen molar-refractivity contribution in [1.29, 1.82) is 0 Å². The number of rotatable bonds is 3. The van der Waals surface area contributed by atoms with Gasteiger partial charge in [0.2, 0.25) is 5.78 Å². The van der Waals surface area contributed by atoms with E-state index in [1.54, 1.807) is 23.7 Å². The van der Waals surface area contributed by atoms with Gasteiger partial charge in [-0.15, -0.1) is 0 Å². The smallest absolute Gasteiger partial charge is 0.212 e. The van der Waals surface area contributed by atoms with Crippen LogP contribution in [0.15, 0.2) is 24.4 Å². The third-order valence-corrected chi connectivity index (χ3v) is 3.17. The number of hydrogen-bond acceptors (Lipinski definition) is 2. The van der Waals surface area contributed by atoms with E-state index in [-0.39, 0.29) is 22.4 Å². The van der Waals surface area contributed by atoms with E-state index >= 15 is 0 Å². The zero-order valence-corrected chi connectivity index (χ0v) is 11.7. The lowest BCUT2D eigenvalue weighted by Crippen LogP contribution is -2.14. The standard InChI is InChI=1S/C14H14ClFN2O/c1-8(2)18-13(11(15)7-17-18)14(19)10-5-4-9(3)12(16)6-10/h4-8H,1-3H3. The maximum atomic E-state index is 13.5. The zero-order chi connectivity index (χ0) is 14.2. The van der Waals surface area contributed by atoms with Crippen molar-refractivity contribution in [3.63, 3.8) is 0 Å². The maximum absolute atomic E-state index is 13.5. The number of ketones is 1. The monoisotopic (exact) mass is 280 g/mol. The molecule has 0 spiro atoms. The lowest BCUT2D eigenvalue weighted by molar-refractivity contribution is 0.102. The van der Waals surface area contributed by atoms with E-state index in [9.17, 15) is 9.18 Å². The van der Waals surface area contributed by atoms with Gasteiger partial charge >= 0.3 is 0 Å². The molecule has 0 unspecified atom stereocenters. The molecule has 5 heteroatoms. The minimum absolute atomic E-state index is 0.00162. The second-order valence-corrected chi connectivity index (χ2v) is 5.08. The Balaban J connectivity index is 2.49. The number of nitrogens with zero attached hydrogens (tertiary/aromatic N) is 2. The van der Waals surface area contributed by atoms with Crippen LogP contribution in [-0.4, -0.2) is 15.6 Å². The Morgan fingerprint density at radius 3 is 2.68 bits per heavy atom. The SMILES string of the molecule is Cc1ccc(C(=O)c2c(Cl)cnn2C(C)C)cc1F. The van der Waals surface area contributed by atoms with Crippen LogP contribution in [0.3, 0.4) is 0 Å². The molecule has 1 aromatic heterocycles. The van der Waals surface area contributed by atoms with Crippen molar-refractivity contribution in [3.05, 3.63) is 52.1 Å². The van der Waals surface area contributed by atoms with Crippen LogP contribution in [0, 0.1) is 12.7 Å². The van der Waals surface area contributed by atoms with Crippen molar-refractivity contribution < 1.29 is 9.18 Å². The summed E-state index contributed by atoms with van der Waals surface area (Å²) in [6.07, 6.45) is 1.43. The Hall–Kier alpha value is -1.68. The minimum atomic E-state index is -0.405. The normalized spacial score (nSPS) is 11.1. The maximum Gasteiger partial charge on any atom is 0.212 e. The van der Waals surface area contributed by atoms with Crippen LogP contribution in [0.1, 0.15) is 41.5 Å². The lowest BCUT2D eigenvalue weighted by Gasteiger charge is -2.10. The first-order valence-corrected chi connectivity index (χ1v) is 6.33. The predicted octanol–water partition coefficient (Wildman–Crippen LogP) is 3.80. The molecule has 0 atom stereocenters. The van der Waals surface area contributed by atoms with Crippen LogP contribution in [0.5, 0.6) is 0 Å². The molecule has 100 valence electrons. The Labute approximate surface area is 116 Å². The van der Waals surface area contributed by atoms with E-state index in [2.05, 4.69) is 5.10 Å². The van der Waals surface area contributed by atoms with Crippen LogP contribution in [-0.2, 0) is 0 Å². The van der Waals surface area contributed by atoms with Gasteiger partial charge in [-0.25, -0.2) is 4.39 Å². The van der Waals surface area contributed by atoms with Gasteiger partial charge in [0.05, 0.1) is 11.2 Å². The molecular weight excluding hydrogens is 267 g/mol. The van der Waals surface area contributed by atoms with Crippen molar-refractivity contribution in [2.45, 2.75) is 26.8 Å².